The summed E-state index contributed by atoms with van der Waals surface area (Å²) in [5.41, 5.74) is 0.442. The summed E-state index contributed by atoms with van der Waals surface area (Å²) in [5, 5.41) is 19.5. The van der Waals surface area contributed by atoms with E-state index in [2.05, 4.69) is 6.58 Å². The number of Topliss-reactive ketones (excluding diaryl/α,β-unsaturated/α-hetero) is 1. The van der Waals surface area contributed by atoms with Crippen LogP contribution in [-0.2, 0) is 6.42 Å². The number of phenolic OH excluding ortho intramolecular Hbond substituents is 2. The number of hydrogen-bond donors (Lipinski definition) is 2. The number of benzene rings is 1. The molecular formula is C12H14O4. The normalized spacial score (nSPS) is 9.88. The Morgan fingerprint density at radius 2 is 2.19 bits per heavy atom. The van der Waals surface area contributed by atoms with E-state index >= 15 is 0 Å². The highest BCUT2D eigenvalue weighted by Gasteiger charge is 2.19. The molecule has 1 aromatic rings. The molecule has 1 rings (SSSR count). The molecule has 0 unspecified atom stereocenters. The maximum atomic E-state index is 11.4. The van der Waals surface area contributed by atoms with Crippen LogP contribution in [0.4, 0.5) is 0 Å². The smallest absolute Gasteiger partial charge is 0.164 e. The third kappa shape index (κ3) is 2.00. The molecule has 1 aromatic carbocycles. The summed E-state index contributed by atoms with van der Waals surface area (Å²) in [6, 6.07) is 1.22. The van der Waals surface area contributed by atoms with Gasteiger partial charge in [0.1, 0.15) is 5.75 Å². The third-order valence-corrected chi connectivity index (χ3v) is 2.27. The van der Waals surface area contributed by atoms with E-state index in [1.165, 1.54) is 20.1 Å². The van der Waals surface area contributed by atoms with Crippen molar-refractivity contribution < 1.29 is 19.7 Å². The van der Waals surface area contributed by atoms with Crippen LogP contribution in [-0.4, -0.2) is 23.1 Å². The molecule has 0 amide bonds. The SMILES string of the molecule is C=CCc1c(O)c(OC)cc(O)c1C(C)=O. The Labute approximate surface area is 93.8 Å². The van der Waals surface area contributed by atoms with Crippen LogP contribution in [0.5, 0.6) is 17.2 Å². The van der Waals surface area contributed by atoms with Crippen molar-refractivity contribution in [2.75, 3.05) is 7.11 Å². The second-order valence-corrected chi connectivity index (χ2v) is 3.35. The van der Waals surface area contributed by atoms with Gasteiger partial charge >= 0.3 is 0 Å². The maximum absolute atomic E-state index is 11.4. The van der Waals surface area contributed by atoms with Gasteiger partial charge in [0.25, 0.3) is 0 Å². The Morgan fingerprint density at radius 1 is 1.56 bits per heavy atom. The van der Waals surface area contributed by atoms with Gasteiger partial charge < -0.3 is 14.9 Å². The van der Waals surface area contributed by atoms with Crippen molar-refractivity contribution in [3.63, 3.8) is 0 Å². The highest BCUT2D eigenvalue weighted by Crippen LogP contribution is 2.38. The van der Waals surface area contributed by atoms with Gasteiger partial charge in [0.05, 0.1) is 12.7 Å². The molecule has 0 aliphatic rings. The molecule has 4 nitrogen and oxygen atoms in total. The monoisotopic (exact) mass is 222 g/mol. The van der Waals surface area contributed by atoms with Gasteiger partial charge in [-0.25, -0.2) is 0 Å². The largest absolute Gasteiger partial charge is 0.507 e. The van der Waals surface area contributed by atoms with Crippen molar-refractivity contribution in [1.29, 1.82) is 0 Å². The number of ether oxygens (including phenoxy) is 1. The summed E-state index contributed by atoms with van der Waals surface area (Å²) in [4.78, 5) is 11.4. The lowest BCUT2D eigenvalue weighted by Crippen LogP contribution is -2.01. The first-order valence-electron chi connectivity index (χ1n) is 4.76. The maximum Gasteiger partial charge on any atom is 0.164 e. The Morgan fingerprint density at radius 3 is 2.62 bits per heavy atom. The van der Waals surface area contributed by atoms with Gasteiger partial charge in [-0.3, -0.25) is 4.79 Å². The highest BCUT2D eigenvalue weighted by molar-refractivity contribution is 5.99. The Hall–Kier alpha value is -1.97. The number of carbonyl (C=O) groups excluding carboxylic acids is 1. The Bertz CT molecular complexity index is 435. The quantitative estimate of drug-likeness (QED) is 0.464. The van der Waals surface area contributed by atoms with E-state index in [-0.39, 0.29) is 35.0 Å². The summed E-state index contributed by atoms with van der Waals surface area (Å²) < 4.78 is 4.89. The van der Waals surface area contributed by atoms with E-state index in [1.54, 1.807) is 6.08 Å². The number of hydrogen-bond acceptors (Lipinski definition) is 4. The molecule has 0 aliphatic heterocycles. The van der Waals surface area contributed by atoms with Crippen molar-refractivity contribution >= 4 is 5.78 Å². The van der Waals surface area contributed by atoms with Crippen LogP contribution in [0.3, 0.4) is 0 Å². The number of carbonyl (C=O) groups is 1. The van der Waals surface area contributed by atoms with E-state index < -0.39 is 0 Å². The van der Waals surface area contributed by atoms with Crippen molar-refractivity contribution in [2.24, 2.45) is 0 Å². The average molecular weight is 222 g/mol. The minimum Gasteiger partial charge on any atom is -0.507 e. The molecule has 86 valence electrons. The number of rotatable bonds is 4. The van der Waals surface area contributed by atoms with Gasteiger partial charge in [0, 0.05) is 11.6 Å². The number of phenols is 2. The van der Waals surface area contributed by atoms with E-state index in [9.17, 15) is 15.0 Å². The number of allylic oxidation sites excluding steroid dienone is 1. The fraction of sp³-hybridized carbons (Fsp3) is 0.250. The van der Waals surface area contributed by atoms with E-state index in [4.69, 9.17) is 4.74 Å². The van der Waals surface area contributed by atoms with Crippen LogP contribution in [0.2, 0.25) is 0 Å². The first-order chi connectivity index (χ1) is 7.52. The van der Waals surface area contributed by atoms with Crippen LogP contribution in [0, 0.1) is 0 Å². The predicted molar refractivity (Wildman–Crippen MR) is 60.2 cm³/mol. The molecule has 0 aliphatic carbocycles. The lowest BCUT2D eigenvalue weighted by Gasteiger charge is -2.13. The number of aromatic hydroxyl groups is 2. The third-order valence-electron chi connectivity index (χ3n) is 2.27. The summed E-state index contributed by atoms with van der Waals surface area (Å²) >= 11 is 0. The van der Waals surface area contributed by atoms with Crippen molar-refractivity contribution in [3.8, 4) is 17.2 Å². The number of ketones is 1. The molecular weight excluding hydrogens is 208 g/mol. The van der Waals surface area contributed by atoms with Crippen LogP contribution < -0.4 is 4.74 Å². The first kappa shape index (κ1) is 12.1. The van der Waals surface area contributed by atoms with Gasteiger partial charge in [-0.1, -0.05) is 6.08 Å². The summed E-state index contributed by atoms with van der Waals surface area (Å²) in [6.45, 7) is 4.86. The molecule has 0 aromatic heterocycles. The molecule has 0 heterocycles. The topological polar surface area (TPSA) is 66.8 Å². The van der Waals surface area contributed by atoms with E-state index in [0.29, 0.717) is 5.56 Å². The minimum atomic E-state index is -0.313. The molecule has 0 bridgehead atoms. The Kier molecular flexibility index (Phi) is 3.55. The van der Waals surface area contributed by atoms with Crippen molar-refractivity contribution in [3.05, 3.63) is 29.8 Å². The fourth-order valence-electron chi connectivity index (χ4n) is 1.58. The molecule has 0 saturated heterocycles. The lowest BCUT2D eigenvalue weighted by molar-refractivity contribution is 0.101. The van der Waals surface area contributed by atoms with Crippen LogP contribution >= 0.6 is 0 Å². The molecule has 0 radical (unpaired) electrons. The van der Waals surface area contributed by atoms with Crippen molar-refractivity contribution in [2.45, 2.75) is 13.3 Å². The molecule has 16 heavy (non-hydrogen) atoms. The minimum absolute atomic E-state index is 0.109. The predicted octanol–water partition coefficient (Wildman–Crippen LogP) is 2.04. The van der Waals surface area contributed by atoms with Gasteiger partial charge in [0.2, 0.25) is 0 Å². The van der Waals surface area contributed by atoms with Gasteiger partial charge in [-0.15, -0.1) is 6.58 Å². The fourth-order valence-corrected chi connectivity index (χ4v) is 1.58. The molecule has 0 saturated carbocycles. The first-order valence-corrected chi connectivity index (χ1v) is 4.76. The molecule has 4 heteroatoms. The second kappa shape index (κ2) is 4.70. The van der Waals surface area contributed by atoms with Crippen molar-refractivity contribution in [1.82, 2.24) is 0 Å². The van der Waals surface area contributed by atoms with Gasteiger partial charge in [-0.05, 0) is 13.3 Å². The van der Waals surface area contributed by atoms with E-state index in [0.717, 1.165) is 0 Å². The van der Waals surface area contributed by atoms with Crippen LogP contribution in [0.15, 0.2) is 18.7 Å². The van der Waals surface area contributed by atoms with E-state index in [1.807, 2.05) is 0 Å². The Balaban J connectivity index is 3.53. The lowest BCUT2D eigenvalue weighted by atomic mass is 9.98. The highest BCUT2D eigenvalue weighted by atomic mass is 16.5. The van der Waals surface area contributed by atoms with Gasteiger partial charge in [0.15, 0.2) is 17.3 Å². The standard InChI is InChI=1S/C12H14O4/c1-4-5-8-11(7(2)13)9(14)6-10(16-3)12(8)15/h4,6,14-15H,1,5H2,2-3H3. The summed E-state index contributed by atoms with van der Waals surface area (Å²) in [5.74, 6) is -0.504. The molecule has 0 spiro atoms. The van der Waals surface area contributed by atoms with Gasteiger partial charge in [-0.2, -0.15) is 0 Å². The van der Waals surface area contributed by atoms with Crippen LogP contribution in [0.1, 0.15) is 22.8 Å². The second-order valence-electron chi connectivity index (χ2n) is 3.35. The summed E-state index contributed by atoms with van der Waals surface area (Å²) in [7, 11) is 1.37. The average Bonchev–Trinajstić information content (AvgIpc) is 2.22. The molecule has 0 fully saturated rings. The zero-order chi connectivity index (χ0) is 12.3. The van der Waals surface area contributed by atoms with Crippen LogP contribution in [0.25, 0.3) is 0 Å². The molecule has 0 atom stereocenters. The zero-order valence-electron chi connectivity index (χ0n) is 9.28. The molecule has 2 N–H and O–H groups in total. The number of methoxy groups -OCH3 is 1. The summed E-state index contributed by atoms with van der Waals surface area (Å²) in [6.07, 6.45) is 1.83. The zero-order valence-corrected chi connectivity index (χ0v) is 9.28.